The second-order valence-corrected chi connectivity index (χ2v) is 2.56. The molecule has 0 amide bonds. The molecule has 13 heavy (non-hydrogen) atoms. The van der Waals surface area contributed by atoms with Gasteiger partial charge in [-0.2, -0.15) is 0 Å². The van der Waals surface area contributed by atoms with Crippen LogP contribution in [0.5, 0.6) is 0 Å². The fourth-order valence-corrected chi connectivity index (χ4v) is 0.900. The van der Waals surface area contributed by atoms with Crippen molar-refractivity contribution in [2.75, 3.05) is 5.32 Å². The second-order valence-electron chi connectivity index (χ2n) is 2.56. The van der Waals surface area contributed by atoms with E-state index in [1.807, 2.05) is 0 Å². The summed E-state index contributed by atoms with van der Waals surface area (Å²) < 4.78 is 0. The van der Waals surface area contributed by atoms with E-state index in [4.69, 9.17) is 5.73 Å². The molecule has 1 aromatic rings. The number of anilines is 1. The molecule has 0 saturated carbocycles. The molecular weight excluding hydrogens is 172 g/mol. The molecule has 6 heteroatoms. The second kappa shape index (κ2) is 3.81. The highest BCUT2D eigenvalue weighted by atomic mass is 16.6. The number of hydrogen-bond donors (Lipinski definition) is 2. The van der Waals surface area contributed by atoms with Crippen LogP contribution >= 0.6 is 0 Å². The first-order chi connectivity index (χ1) is 6.11. The highest BCUT2D eigenvalue weighted by molar-refractivity contribution is 5.56. The van der Waals surface area contributed by atoms with Gasteiger partial charge in [-0.05, 0) is 29.0 Å². The molecule has 6 nitrogen and oxygen atoms in total. The smallest absolute Gasteiger partial charge is 0.363 e. The Morgan fingerprint density at radius 1 is 1.77 bits per heavy atom. The predicted octanol–water partition coefficient (Wildman–Crippen LogP) is 0.706. The molecule has 0 aromatic carbocycles. The van der Waals surface area contributed by atoms with Gasteiger partial charge in [0.05, 0.1) is 6.17 Å². The Labute approximate surface area is 74.9 Å². The molecular formula is C7H10N4O2. The molecule has 1 aromatic heterocycles. The summed E-state index contributed by atoms with van der Waals surface area (Å²) in [5.41, 5.74) is 5.77. The van der Waals surface area contributed by atoms with Crippen molar-refractivity contribution >= 4 is 11.5 Å². The lowest BCUT2D eigenvalue weighted by atomic mass is 10.3. The van der Waals surface area contributed by atoms with Crippen LogP contribution in [-0.2, 0) is 0 Å². The largest absolute Gasteiger partial charge is 0.386 e. The van der Waals surface area contributed by atoms with Gasteiger partial charge < -0.3 is 21.2 Å². The van der Waals surface area contributed by atoms with Gasteiger partial charge in [-0.15, -0.1) is 0 Å². The Kier molecular flexibility index (Phi) is 2.76. The molecule has 1 unspecified atom stereocenters. The number of aromatic nitrogens is 1. The molecule has 70 valence electrons. The van der Waals surface area contributed by atoms with Crippen molar-refractivity contribution in [1.29, 1.82) is 0 Å². The van der Waals surface area contributed by atoms with Crippen molar-refractivity contribution in [3.63, 3.8) is 0 Å². The summed E-state index contributed by atoms with van der Waals surface area (Å²) in [4.78, 5) is 13.5. The van der Waals surface area contributed by atoms with Crippen LogP contribution in [0.3, 0.4) is 0 Å². The van der Waals surface area contributed by atoms with E-state index in [1.54, 1.807) is 19.1 Å². The molecule has 3 N–H and O–H groups in total. The van der Waals surface area contributed by atoms with Crippen LogP contribution in [0.1, 0.15) is 6.92 Å². The van der Waals surface area contributed by atoms with E-state index in [0.717, 1.165) is 0 Å². The van der Waals surface area contributed by atoms with Gasteiger partial charge in [0.1, 0.15) is 11.9 Å². The minimum absolute atomic E-state index is 0.209. The summed E-state index contributed by atoms with van der Waals surface area (Å²) in [6.45, 7) is 1.69. The number of nitrogens with zero attached hydrogens (tertiary/aromatic N) is 2. The van der Waals surface area contributed by atoms with E-state index in [-0.39, 0.29) is 12.0 Å². The quantitative estimate of drug-likeness (QED) is 0.407. The lowest BCUT2D eigenvalue weighted by molar-refractivity contribution is -0.388. The number of pyridine rings is 1. The van der Waals surface area contributed by atoms with Crippen LogP contribution in [0.25, 0.3) is 0 Å². The maximum absolute atomic E-state index is 10.5. The number of nitro groups is 1. The lowest BCUT2D eigenvalue weighted by Gasteiger charge is -2.08. The third-order valence-electron chi connectivity index (χ3n) is 1.34. The van der Waals surface area contributed by atoms with Crippen LogP contribution in [-0.4, -0.2) is 16.1 Å². The standard InChI is InChI=1S/C7H10N4O2/c1-5(8)10-6-3-2-4-9-7(6)11(12)13/h2-5,10H,8H2,1H3. The fourth-order valence-electron chi connectivity index (χ4n) is 0.900. The zero-order chi connectivity index (χ0) is 9.84. The molecule has 0 saturated heterocycles. The van der Waals surface area contributed by atoms with Gasteiger partial charge in [-0.25, -0.2) is 0 Å². The zero-order valence-electron chi connectivity index (χ0n) is 7.10. The summed E-state index contributed by atoms with van der Waals surface area (Å²) >= 11 is 0. The average molecular weight is 182 g/mol. The highest BCUT2D eigenvalue weighted by Crippen LogP contribution is 2.19. The van der Waals surface area contributed by atoms with Crippen LogP contribution in [0, 0.1) is 10.1 Å². The van der Waals surface area contributed by atoms with Gasteiger partial charge in [-0.3, -0.25) is 0 Å². The van der Waals surface area contributed by atoms with Crippen LogP contribution < -0.4 is 11.1 Å². The van der Waals surface area contributed by atoms with Crippen LogP contribution in [0.4, 0.5) is 11.5 Å². The first-order valence-electron chi connectivity index (χ1n) is 3.73. The Bertz CT molecular complexity index is 313. The number of nitrogens with one attached hydrogen (secondary N) is 1. The molecule has 0 aliphatic carbocycles. The maximum Gasteiger partial charge on any atom is 0.386 e. The Morgan fingerprint density at radius 3 is 3.00 bits per heavy atom. The third kappa shape index (κ3) is 2.38. The first-order valence-corrected chi connectivity index (χ1v) is 3.73. The first kappa shape index (κ1) is 9.40. The maximum atomic E-state index is 10.5. The normalized spacial score (nSPS) is 12.2. The lowest BCUT2D eigenvalue weighted by Crippen LogP contribution is -2.25. The van der Waals surface area contributed by atoms with Crippen molar-refractivity contribution in [2.45, 2.75) is 13.1 Å². The molecule has 0 bridgehead atoms. The number of rotatable bonds is 3. The van der Waals surface area contributed by atoms with Gasteiger partial charge in [0.15, 0.2) is 0 Å². The van der Waals surface area contributed by atoms with Gasteiger partial charge in [-0.1, -0.05) is 0 Å². The minimum Gasteiger partial charge on any atom is -0.363 e. The van der Waals surface area contributed by atoms with E-state index < -0.39 is 4.92 Å². The Hall–Kier alpha value is -1.69. The summed E-state index contributed by atoms with van der Waals surface area (Å²) in [5.74, 6) is -0.209. The third-order valence-corrected chi connectivity index (χ3v) is 1.34. The van der Waals surface area contributed by atoms with E-state index in [2.05, 4.69) is 10.3 Å². The monoisotopic (exact) mass is 182 g/mol. The SMILES string of the molecule is CC(N)Nc1cccnc1[N+](=O)[O-]. The van der Waals surface area contributed by atoms with E-state index in [9.17, 15) is 10.1 Å². The van der Waals surface area contributed by atoms with Crippen molar-refractivity contribution in [3.05, 3.63) is 28.4 Å². The fraction of sp³-hybridized carbons (Fsp3) is 0.286. The zero-order valence-corrected chi connectivity index (χ0v) is 7.10. The topological polar surface area (TPSA) is 94.1 Å². The Balaban J connectivity index is 2.98. The molecule has 1 heterocycles. The summed E-state index contributed by atoms with van der Waals surface area (Å²) in [7, 11) is 0. The van der Waals surface area contributed by atoms with Crippen molar-refractivity contribution in [1.82, 2.24) is 4.98 Å². The van der Waals surface area contributed by atoms with E-state index in [1.165, 1.54) is 6.20 Å². The molecule has 0 fully saturated rings. The van der Waals surface area contributed by atoms with Crippen LogP contribution in [0.2, 0.25) is 0 Å². The Morgan fingerprint density at radius 2 is 2.46 bits per heavy atom. The van der Waals surface area contributed by atoms with Crippen molar-refractivity contribution in [2.24, 2.45) is 5.73 Å². The molecule has 0 radical (unpaired) electrons. The molecule has 1 rings (SSSR count). The minimum atomic E-state index is -0.551. The van der Waals surface area contributed by atoms with Crippen molar-refractivity contribution in [3.8, 4) is 0 Å². The van der Waals surface area contributed by atoms with Gasteiger partial charge >= 0.3 is 5.82 Å². The summed E-state index contributed by atoms with van der Waals surface area (Å²) in [5, 5.41) is 13.2. The van der Waals surface area contributed by atoms with Crippen molar-refractivity contribution < 1.29 is 4.92 Å². The molecule has 0 aliphatic heterocycles. The van der Waals surface area contributed by atoms with E-state index >= 15 is 0 Å². The number of hydrogen-bond acceptors (Lipinski definition) is 5. The molecule has 0 spiro atoms. The van der Waals surface area contributed by atoms with Gasteiger partial charge in [0.2, 0.25) is 0 Å². The van der Waals surface area contributed by atoms with Gasteiger partial charge in [0, 0.05) is 0 Å². The molecule has 0 aliphatic rings. The van der Waals surface area contributed by atoms with Gasteiger partial charge in [0.25, 0.3) is 0 Å². The summed E-state index contributed by atoms with van der Waals surface area (Å²) in [6.07, 6.45) is 1.02. The summed E-state index contributed by atoms with van der Waals surface area (Å²) in [6, 6.07) is 3.17. The predicted molar refractivity (Wildman–Crippen MR) is 48.2 cm³/mol. The highest BCUT2D eigenvalue weighted by Gasteiger charge is 2.13. The van der Waals surface area contributed by atoms with Crippen LogP contribution in [0.15, 0.2) is 18.3 Å². The molecule has 1 atom stereocenters. The van der Waals surface area contributed by atoms with E-state index in [0.29, 0.717) is 5.69 Å². The average Bonchev–Trinajstić information content (AvgIpc) is 2.03. The number of nitrogens with two attached hydrogens (primary N) is 1.